The van der Waals surface area contributed by atoms with Gasteiger partial charge in [0.2, 0.25) is 11.8 Å². The molecule has 0 amide bonds. The number of ether oxygens (including phenoxy) is 2. The first kappa shape index (κ1) is 29.7. The fraction of sp³-hybridized carbons (Fsp3) is 0.469. The summed E-state index contributed by atoms with van der Waals surface area (Å²) in [5.41, 5.74) is 11.4. The van der Waals surface area contributed by atoms with Crippen molar-refractivity contribution in [3.8, 4) is 17.1 Å². The van der Waals surface area contributed by atoms with Crippen LogP contribution in [0.1, 0.15) is 57.6 Å². The maximum atomic E-state index is 11.9. The topological polar surface area (TPSA) is 90.6 Å². The van der Waals surface area contributed by atoms with Crippen molar-refractivity contribution < 1.29 is 14.3 Å². The van der Waals surface area contributed by atoms with Crippen molar-refractivity contribution in [2.45, 2.75) is 77.3 Å². The van der Waals surface area contributed by atoms with E-state index in [4.69, 9.17) is 15.2 Å². The first-order valence-corrected chi connectivity index (χ1v) is 14.4. The predicted molar refractivity (Wildman–Crippen MR) is 164 cm³/mol. The van der Waals surface area contributed by atoms with Crippen molar-refractivity contribution in [3.05, 3.63) is 59.7 Å². The molecular weight excluding hydrogens is 520 g/mol. The van der Waals surface area contributed by atoms with Gasteiger partial charge in [-0.15, -0.1) is 12.6 Å². The number of esters is 1. The van der Waals surface area contributed by atoms with Crippen LogP contribution in [0.4, 0.5) is 11.6 Å². The molecule has 214 valence electrons. The first-order valence-electron chi connectivity index (χ1n) is 13.9. The van der Waals surface area contributed by atoms with Crippen LogP contribution in [-0.4, -0.2) is 41.7 Å². The molecule has 1 atom stereocenters. The molecule has 1 aliphatic carbocycles. The number of benzene rings is 2. The lowest BCUT2D eigenvalue weighted by Crippen LogP contribution is -2.53. The largest absolute Gasteiger partial charge is 0.475 e. The summed E-state index contributed by atoms with van der Waals surface area (Å²) < 4.78 is 11.3. The molecule has 3 aromatic rings. The number of thiol groups is 1. The van der Waals surface area contributed by atoms with Gasteiger partial charge in [-0.25, -0.2) is 4.98 Å². The molecule has 0 spiro atoms. The summed E-state index contributed by atoms with van der Waals surface area (Å²) in [5.74, 6) is 0.816. The zero-order valence-corrected chi connectivity index (χ0v) is 25.4. The Hall–Kier alpha value is -3.26. The number of aromatic nitrogens is 2. The van der Waals surface area contributed by atoms with Crippen molar-refractivity contribution in [1.82, 2.24) is 9.97 Å². The minimum absolute atomic E-state index is 0.0497. The minimum Gasteiger partial charge on any atom is -0.475 e. The number of nitrogens with two attached hydrogens (primary N) is 1. The van der Waals surface area contributed by atoms with E-state index in [1.165, 1.54) is 7.11 Å². The SMILES string of the molecule is COC(=O)CC1CC(N(c2cccc(S)c2)C(COc2cc(-c3c(C)cccc3C)nc(N)n2)CC(C)(C)C)C1. The number of aryl methyl sites for hydroxylation is 2. The van der Waals surface area contributed by atoms with Crippen LogP contribution >= 0.6 is 12.6 Å². The summed E-state index contributed by atoms with van der Waals surface area (Å²) in [6.07, 6.45) is 3.19. The highest BCUT2D eigenvalue weighted by Gasteiger charge is 2.39. The Morgan fingerprint density at radius 1 is 1.10 bits per heavy atom. The zero-order chi connectivity index (χ0) is 29.0. The predicted octanol–water partition coefficient (Wildman–Crippen LogP) is 6.66. The van der Waals surface area contributed by atoms with E-state index in [1.807, 2.05) is 24.3 Å². The van der Waals surface area contributed by atoms with Crippen molar-refractivity contribution in [1.29, 1.82) is 0 Å². The van der Waals surface area contributed by atoms with Crippen LogP contribution in [0.2, 0.25) is 0 Å². The summed E-state index contributed by atoms with van der Waals surface area (Å²) in [4.78, 5) is 24.2. The van der Waals surface area contributed by atoms with Crippen molar-refractivity contribution in [2.24, 2.45) is 11.3 Å². The maximum absolute atomic E-state index is 11.9. The lowest BCUT2D eigenvalue weighted by molar-refractivity contribution is -0.142. The quantitative estimate of drug-likeness (QED) is 0.211. The van der Waals surface area contributed by atoms with Gasteiger partial charge in [0.05, 0.1) is 18.8 Å². The van der Waals surface area contributed by atoms with Gasteiger partial charge in [0.1, 0.15) is 6.61 Å². The van der Waals surface area contributed by atoms with Gasteiger partial charge in [-0.1, -0.05) is 45.0 Å². The molecule has 0 aliphatic heterocycles. The van der Waals surface area contributed by atoms with Gasteiger partial charge in [-0.3, -0.25) is 4.79 Å². The molecule has 2 aromatic carbocycles. The van der Waals surface area contributed by atoms with E-state index < -0.39 is 0 Å². The lowest BCUT2D eigenvalue weighted by Gasteiger charge is -2.48. The van der Waals surface area contributed by atoms with Crippen LogP contribution in [0.25, 0.3) is 11.3 Å². The van der Waals surface area contributed by atoms with Crippen LogP contribution in [0, 0.1) is 25.2 Å². The number of hydrogen-bond acceptors (Lipinski definition) is 8. The van der Waals surface area contributed by atoms with E-state index in [2.05, 4.69) is 86.4 Å². The molecule has 1 saturated carbocycles. The van der Waals surface area contributed by atoms with Crippen molar-refractivity contribution in [2.75, 3.05) is 24.4 Å². The second-order valence-electron chi connectivity index (χ2n) is 12.1. The van der Waals surface area contributed by atoms with E-state index in [9.17, 15) is 4.79 Å². The standard InChI is InChI=1S/C32H42N4O3S/c1-20-9-7-10-21(2)30(20)27-17-28(35-31(33)34-27)39-19-25(18-32(3,4)5)36(23-11-8-12-26(40)16-23)24-13-22(14-24)15-29(37)38-6/h7-12,16-17,22,24-25,40H,13-15,18-19H2,1-6H3,(H2,33,34,35). The van der Waals surface area contributed by atoms with Gasteiger partial charge in [0.15, 0.2) is 0 Å². The average Bonchev–Trinajstić information content (AvgIpc) is 2.84. The number of rotatable bonds is 10. The number of anilines is 2. The number of carbonyl (C=O) groups is 1. The Balaban J connectivity index is 1.63. The summed E-state index contributed by atoms with van der Waals surface area (Å²) >= 11 is 4.63. The summed E-state index contributed by atoms with van der Waals surface area (Å²) in [6, 6.07) is 16.7. The van der Waals surface area contributed by atoms with Gasteiger partial charge in [0, 0.05) is 34.7 Å². The molecule has 1 aromatic heterocycles. The molecule has 40 heavy (non-hydrogen) atoms. The Kier molecular flexibility index (Phi) is 9.29. The Labute approximate surface area is 243 Å². The van der Waals surface area contributed by atoms with Crippen LogP contribution in [0.5, 0.6) is 5.88 Å². The monoisotopic (exact) mass is 562 g/mol. The van der Waals surface area contributed by atoms with Crippen molar-refractivity contribution in [3.63, 3.8) is 0 Å². The third-order valence-electron chi connectivity index (χ3n) is 7.54. The summed E-state index contributed by atoms with van der Waals surface area (Å²) in [7, 11) is 1.45. The molecule has 1 heterocycles. The zero-order valence-electron chi connectivity index (χ0n) is 24.5. The fourth-order valence-electron chi connectivity index (χ4n) is 5.78. The Bertz CT molecular complexity index is 1310. The Morgan fingerprint density at radius 2 is 1.77 bits per heavy atom. The molecule has 0 radical (unpaired) electrons. The number of nitrogen functional groups attached to an aromatic ring is 1. The molecule has 0 saturated heterocycles. The van der Waals surface area contributed by atoms with Gasteiger partial charge in [0.25, 0.3) is 0 Å². The third-order valence-corrected chi connectivity index (χ3v) is 7.82. The minimum atomic E-state index is -0.150. The molecule has 4 rings (SSSR count). The Morgan fingerprint density at radius 3 is 2.40 bits per heavy atom. The smallest absolute Gasteiger partial charge is 0.305 e. The molecule has 1 aliphatic rings. The van der Waals surface area contributed by atoms with E-state index >= 15 is 0 Å². The number of carbonyl (C=O) groups excluding carboxylic acids is 1. The summed E-state index contributed by atoms with van der Waals surface area (Å²) in [5, 5.41) is 0. The van der Waals surface area contributed by atoms with E-state index in [0.29, 0.717) is 24.8 Å². The number of methoxy groups -OCH3 is 1. The van der Waals surface area contributed by atoms with Crippen molar-refractivity contribution >= 4 is 30.2 Å². The maximum Gasteiger partial charge on any atom is 0.305 e. The van der Waals surface area contributed by atoms with E-state index in [-0.39, 0.29) is 29.4 Å². The first-order chi connectivity index (χ1) is 18.9. The fourth-order valence-corrected chi connectivity index (χ4v) is 5.99. The molecule has 0 bridgehead atoms. The highest BCUT2D eigenvalue weighted by Crippen LogP contribution is 2.40. The molecule has 1 fully saturated rings. The van der Waals surface area contributed by atoms with Crippen LogP contribution in [0.15, 0.2) is 53.4 Å². The van der Waals surface area contributed by atoms with E-state index in [1.54, 1.807) is 0 Å². The number of nitrogens with zero attached hydrogens (tertiary/aromatic N) is 3. The van der Waals surface area contributed by atoms with Crippen LogP contribution in [-0.2, 0) is 9.53 Å². The van der Waals surface area contributed by atoms with Gasteiger partial charge in [-0.2, -0.15) is 4.98 Å². The normalized spacial score (nSPS) is 17.6. The van der Waals surface area contributed by atoms with Crippen LogP contribution in [0.3, 0.4) is 0 Å². The second-order valence-corrected chi connectivity index (χ2v) is 12.7. The molecule has 8 heteroatoms. The van der Waals surface area contributed by atoms with Gasteiger partial charge >= 0.3 is 5.97 Å². The summed E-state index contributed by atoms with van der Waals surface area (Å²) in [6.45, 7) is 11.3. The lowest BCUT2D eigenvalue weighted by atomic mass is 9.75. The average molecular weight is 563 g/mol. The number of hydrogen-bond donors (Lipinski definition) is 2. The van der Waals surface area contributed by atoms with E-state index in [0.717, 1.165) is 52.2 Å². The van der Waals surface area contributed by atoms with Gasteiger partial charge < -0.3 is 20.1 Å². The molecule has 7 nitrogen and oxygen atoms in total. The van der Waals surface area contributed by atoms with Gasteiger partial charge in [-0.05, 0) is 73.8 Å². The second kappa shape index (κ2) is 12.5. The molecule has 2 N–H and O–H groups in total. The molecular formula is C32H42N4O3S. The third kappa shape index (κ3) is 7.47. The van der Waals surface area contributed by atoms with Crippen LogP contribution < -0.4 is 15.4 Å². The highest BCUT2D eigenvalue weighted by atomic mass is 32.1. The molecule has 1 unspecified atom stereocenters. The highest BCUT2D eigenvalue weighted by molar-refractivity contribution is 7.80.